The van der Waals surface area contributed by atoms with Crippen molar-refractivity contribution in [3.63, 3.8) is 0 Å². The van der Waals surface area contributed by atoms with Crippen molar-refractivity contribution in [1.29, 1.82) is 0 Å². The Morgan fingerprint density at radius 1 is 1.73 bits per heavy atom. The predicted octanol–water partition coefficient (Wildman–Crippen LogP) is -0.206. The molecule has 0 aromatic heterocycles. The largest absolute Gasteiger partial charge is 0.569 e. The molecule has 6 heteroatoms. The second kappa shape index (κ2) is 5.72. The fraction of sp³-hybridized carbons (Fsp3) is 1.00. The van der Waals surface area contributed by atoms with Crippen molar-refractivity contribution >= 4 is 0 Å². The highest BCUT2D eigenvalue weighted by Gasteiger charge is 2.03. The van der Waals surface area contributed by atoms with Crippen LogP contribution in [0.15, 0.2) is 5.28 Å². The Kier molecular flexibility index (Phi) is 5.18. The zero-order valence-electron chi connectivity index (χ0n) is 6.82. The van der Waals surface area contributed by atoms with Gasteiger partial charge in [0.2, 0.25) is 5.28 Å². The van der Waals surface area contributed by atoms with Gasteiger partial charge in [-0.3, -0.25) is 0 Å². The summed E-state index contributed by atoms with van der Waals surface area (Å²) in [6, 6.07) is 0. The molecule has 0 bridgehead atoms. The molecule has 0 unspecified atom stereocenters. The minimum absolute atomic E-state index is 0.148. The molecule has 0 saturated heterocycles. The number of nitrogens with zero attached hydrogens (tertiary/aromatic N) is 3. The molecule has 0 aliphatic rings. The molecule has 0 aliphatic heterocycles. The minimum Gasteiger partial charge on any atom is -0.569 e. The van der Waals surface area contributed by atoms with Crippen LogP contribution in [0.25, 0.3) is 0 Å². The predicted molar refractivity (Wildman–Crippen MR) is 39.0 cm³/mol. The molecule has 11 heavy (non-hydrogen) atoms. The third-order valence-electron chi connectivity index (χ3n) is 1.28. The van der Waals surface area contributed by atoms with Gasteiger partial charge in [0.05, 0.1) is 18.6 Å². The lowest BCUT2D eigenvalue weighted by molar-refractivity contribution is -0.704. The van der Waals surface area contributed by atoms with Crippen LogP contribution in [0.2, 0.25) is 0 Å². The Balaban J connectivity index is 3.44. The van der Waals surface area contributed by atoms with E-state index in [1.807, 2.05) is 7.05 Å². The first-order valence-electron chi connectivity index (χ1n) is 3.40. The molecule has 0 radical (unpaired) electrons. The average molecular weight is 162 g/mol. The SMILES string of the molecule is CNCCCN(C)[N+]([O-])=NO. The quantitative estimate of drug-likeness (QED) is 0.254. The lowest BCUT2D eigenvalue weighted by Gasteiger charge is -2.11. The van der Waals surface area contributed by atoms with Crippen molar-refractivity contribution in [3.05, 3.63) is 5.21 Å². The number of rotatable bonds is 5. The minimum atomic E-state index is 0.148. The molecular formula is C5H14N4O2. The van der Waals surface area contributed by atoms with E-state index in [2.05, 4.69) is 10.6 Å². The normalized spacial score (nSPS) is 11.6. The first-order chi connectivity index (χ1) is 5.22. The van der Waals surface area contributed by atoms with Crippen LogP contribution in [0.3, 0.4) is 0 Å². The van der Waals surface area contributed by atoms with Gasteiger partial charge in [-0.1, -0.05) is 0 Å². The maximum absolute atomic E-state index is 10.5. The van der Waals surface area contributed by atoms with Gasteiger partial charge in [0.25, 0.3) is 0 Å². The maximum Gasteiger partial charge on any atom is 0.230 e. The second-order valence-electron chi connectivity index (χ2n) is 2.18. The van der Waals surface area contributed by atoms with Crippen LogP contribution in [-0.2, 0) is 0 Å². The van der Waals surface area contributed by atoms with Crippen LogP contribution < -0.4 is 5.32 Å². The van der Waals surface area contributed by atoms with Gasteiger partial charge < -0.3 is 15.7 Å². The molecular weight excluding hydrogens is 148 g/mol. The van der Waals surface area contributed by atoms with Gasteiger partial charge in [0.15, 0.2) is 0 Å². The fourth-order valence-electron chi connectivity index (χ4n) is 0.638. The smallest absolute Gasteiger partial charge is 0.230 e. The molecule has 0 atom stereocenters. The highest BCUT2D eigenvalue weighted by molar-refractivity contribution is 4.42. The Bertz CT molecular complexity index is 128. The van der Waals surface area contributed by atoms with Crippen LogP contribution in [0, 0.1) is 5.21 Å². The molecule has 0 aromatic carbocycles. The molecule has 0 aliphatic carbocycles. The zero-order valence-corrected chi connectivity index (χ0v) is 6.82. The van der Waals surface area contributed by atoms with E-state index in [0.29, 0.717) is 6.54 Å². The molecule has 0 rings (SSSR count). The molecule has 0 heterocycles. The van der Waals surface area contributed by atoms with Gasteiger partial charge in [-0.25, -0.2) is 0 Å². The third-order valence-corrected chi connectivity index (χ3v) is 1.28. The van der Waals surface area contributed by atoms with Crippen LogP contribution in [0.5, 0.6) is 0 Å². The van der Waals surface area contributed by atoms with Crippen LogP contribution in [-0.4, -0.2) is 42.4 Å². The van der Waals surface area contributed by atoms with E-state index in [4.69, 9.17) is 5.21 Å². The van der Waals surface area contributed by atoms with Gasteiger partial charge in [0, 0.05) is 0 Å². The van der Waals surface area contributed by atoms with Crippen molar-refractivity contribution in [2.45, 2.75) is 6.42 Å². The Morgan fingerprint density at radius 2 is 2.36 bits per heavy atom. The monoisotopic (exact) mass is 162 g/mol. The second-order valence-corrected chi connectivity index (χ2v) is 2.18. The summed E-state index contributed by atoms with van der Waals surface area (Å²) in [7, 11) is 3.40. The summed E-state index contributed by atoms with van der Waals surface area (Å²) in [4.78, 5) is 0.148. The zero-order chi connectivity index (χ0) is 8.69. The summed E-state index contributed by atoms with van der Waals surface area (Å²) in [5.74, 6) is 0. The van der Waals surface area contributed by atoms with Gasteiger partial charge in [-0.05, 0) is 20.0 Å². The van der Waals surface area contributed by atoms with E-state index >= 15 is 0 Å². The van der Waals surface area contributed by atoms with E-state index in [1.165, 1.54) is 5.01 Å². The molecule has 0 fully saturated rings. The number of hydrogen-bond donors (Lipinski definition) is 2. The van der Waals surface area contributed by atoms with Crippen molar-refractivity contribution in [3.8, 4) is 0 Å². The van der Waals surface area contributed by atoms with E-state index in [0.717, 1.165) is 13.0 Å². The number of hydrazine groups is 1. The summed E-state index contributed by atoms with van der Waals surface area (Å²) < 4.78 is 0. The standard InChI is InChI=1S/C5H14N4O2/c1-6-4-3-5-8(2)9(11)7-10/h6,10H,3-5H2,1-2H3. The summed E-state index contributed by atoms with van der Waals surface area (Å²) in [6.07, 6.45) is 0.835. The van der Waals surface area contributed by atoms with Gasteiger partial charge in [-0.2, -0.15) is 0 Å². The maximum atomic E-state index is 10.5. The molecule has 66 valence electrons. The molecule has 6 nitrogen and oxygen atoms in total. The van der Waals surface area contributed by atoms with Crippen molar-refractivity contribution in [2.75, 3.05) is 27.2 Å². The molecule has 0 spiro atoms. The lowest BCUT2D eigenvalue weighted by Crippen LogP contribution is -2.28. The van der Waals surface area contributed by atoms with Gasteiger partial charge in [-0.15, -0.1) is 5.01 Å². The molecule has 0 saturated carbocycles. The first-order valence-corrected chi connectivity index (χ1v) is 3.40. The van der Waals surface area contributed by atoms with Gasteiger partial charge in [0.1, 0.15) is 0 Å². The third kappa shape index (κ3) is 4.38. The fourth-order valence-corrected chi connectivity index (χ4v) is 0.638. The van der Waals surface area contributed by atoms with E-state index < -0.39 is 0 Å². The summed E-state index contributed by atoms with van der Waals surface area (Å²) in [6.45, 7) is 1.40. The first kappa shape index (κ1) is 9.96. The van der Waals surface area contributed by atoms with Crippen molar-refractivity contribution < 1.29 is 10.2 Å². The summed E-state index contributed by atoms with van der Waals surface area (Å²) in [5.41, 5.74) is 0. The highest BCUT2D eigenvalue weighted by Crippen LogP contribution is 1.86. The average Bonchev–Trinajstić information content (AvgIpc) is 2.03. The van der Waals surface area contributed by atoms with Crippen molar-refractivity contribution in [1.82, 2.24) is 10.3 Å². The highest BCUT2D eigenvalue weighted by atomic mass is 16.6. The Hall–Kier alpha value is -1.04. The van der Waals surface area contributed by atoms with Crippen LogP contribution in [0.4, 0.5) is 0 Å². The Morgan fingerprint density at radius 3 is 2.82 bits per heavy atom. The van der Waals surface area contributed by atoms with Crippen LogP contribution in [0.1, 0.15) is 6.42 Å². The van der Waals surface area contributed by atoms with E-state index in [9.17, 15) is 5.21 Å². The molecule has 2 N–H and O–H groups in total. The van der Waals surface area contributed by atoms with Crippen molar-refractivity contribution in [2.24, 2.45) is 5.28 Å². The molecule has 0 amide bonds. The number of hydrogen-bond acceptors (Lipinski definition) is 3. The summed E-state index contributed by atoms with van der Waals surface area (Å²) >= 11 is 0. The topological polar surface area (TPSA) is 73.9 Å². The van der Waals surface area contributed by atoms with E-state index in [-0.39, 0.29) is 4.97 Å². The molecule has 0 aromatic rings. The Labute approximate surface area is 65.6 Å². The van der Waals surface area contributed by atoms with Crippen LogP contribution >= 0.6 is 0 Å². The lowest BCUT2D eigenvalue weighted by atomic mass is 10.4. The van der Waals surface area contributed by atoms with E-state index in [1.54, 1.807) is 7.05 Å². The summed E-state index contributed by atoms with van der Waals surface area (Å²) in [5, 5.41) is 25.2. The van der Waals surface area contributed by atoms with Gasteiger partial charge >= 0.3 is 0 Å². The number of nitrogens with one attached hydrogen (secondary N) is 1.